The fraction of sp³-hybridized carbons (Fsp3) is 0.500. The summed E-state index contributed by atoms with van der Waals surface area (Å²) in [5.41, 5.74) is 1.24. The Kier molecular flexibility index (Phi) is 7.69. The van der Waals surface area contributed by atoms with Crippen molar-refractivity contribution in [2.24, 2.45) is 0 Å². The predicted octanol–water partition coefficient (Wildman–Crippen LogP) is 3.68. The van der Waals surface area contributed by atoms with E-state index < -0.39 is 10.7 Å². The summed E-state index contributed by atoms with van der Waals surface area (Å²) < 4.78 is 27.2. The van der Waals surface area contributed by atoms with E-state index in [9.17, 15) is 4.79 Å². The summed E-state index contributed by atoms with van der Waals surface area (Å²) in [6.45, 7) is 1.27. The molecule has 1 aliphatic heterocycles. The summed E-state index contributed by atoms with van der Waals surface area (Å²) in [5.74, 6) is 1.56. The van der Waals surface area contributed by atoms with Crippen LogP contribution in [0.1, 0.15) is 18.5 Å². The van der Waals surface area contributed by atoms with Gasteiger partial charge in [0.15, 0.2) is 22.1 Å². The van der Waals surface area contributed by atoms with Gasteiger partial charge in [-0.3, -0.25) is 4.79 Å². The highest BCUT2D eigenvalue weighted by molar-refractivity contribution is 6.53. The van der Waals surface area contributed by atoms with E-state index in [1.807, 2.05) is 0 Å². The van der Waals surface area contributed by atoms with Gasteiger partial charge < -0.3 is 28.4 Å². The van der Waals surface area contributed by atoms with Crippen molar-refractivity contribution in [3.05, 3.63) is 23.9 Å². The van der Waals surface area contributed by atoms with Gasteiger partial charge in [-0.25, -0.2) is 0 Å². The molecule has 3 rings (SSSR count). The van der Waals surface area contributed by atoms with E-state index in [1.165, 1.54) is 26.2 Å². The van der Waals surface area contributed by atoms with Gasteiger partial charge in [0.2, 0.25) is 5.75 Å². The average Bonchev–Trinajstić information content (AvgIpc) is 3.43. The summed E-state index contributed by atoms with van der Waals surface area (Å²) in [5, 5.41) is 4.09. The first kappa shape index (κ1) is 22.5. The Morgan fingerprint density at radius 1 is 1.20 bits per heavy atom. The molecule has 0 N–H and O–H groups in total. The van der Waals surface area contributed by atoms with E-state index >= 15 is 0 Å². The van der Waals surface area contributed by atoms with Crippen LogP contribution in [0.2, 0.25) is 0 Å². The van der Waals surface area contributed by atoms with Crippen LogP contribution in [0, 0.1) is 0 Å². The Morgan fingerprint density at radius 2 is 1.90 bits per heavy atom. The van der Waals surface area contributed by atoms with Crippen LogP contribution < -0.4 is 14.2 Å². The fourth-order valence-corrected chi connectivity index (χ4v) is 3.62. The second kappa shape index (κ2) is 10.2. The van der Waals surface area contributed by atoms with Crippen molar-refractivity contribution in [3.63, 3.8) is 0 Å². The van der Waals surface area contributed by atoms with Gasteiger partial charge in [-0.1, -0.05) is 28.4 Å². The van der Waals surface area contributed by atoms with Crippen molar-refractivity contribution < 1.29 is 28.3 Å². The zero-order chi connectivity index (χ0) is 21.7. The van der Waals surface area contributed by atoms with E-state index in [4.69, 9.17) is 46.7 Å². The largest absolute Gasteiger partial charge is 0.493 e. The number of aromatic nitrogens is 1. The van der Waals surface area contributed by atoms with Crippen LogP contribution in [0.4, 0.5) is 0 Å². The molecule has 8 nitrogen and oxygen atoms in total. The van der Waals surface area contributed by atoms with Crippen LogP contribution in [0.25, 0.3) is 11.3 Å². The first-order valence-corrected chi connectivity index (χ1v) is 10.3. The summed E-state index contributed by atoms with van der Waals surface area (Å²) in [7, 11) is 4.61. The van der Waals surface area contributed by atoms with Crippen molar-refractivity contribution in [3.8, 4) is 28.6 Å². The van der Waals surface area contributed by atoms with Gasteiger partial charge >= 0.3 is 0 Å². The third kappa shape index (κ3) is 5.11. The van der Waals surface area contributed by atoms with Crippen molar-refractivity contribution in [2.75, 3.05) is 34.5 Å². The maximum absolute atomic E-state index is 12.5. The Balaban J connectivity index is 1.82. The molecule has 164 valence electrons. The number of ether oxygens (including phenoxy) is 4. The lowest BCUT2D eigenvalue weighted by Crippen LogP contribution is -2.39. The summed E-state index contributed by atoms with van der Waals surface area (Å²) in [6.07, 6.45) is 1.81. The number of carbonyl (C=O) groups excluding carboxylic acids is 1. The fourth-order valence-electron chi connectivity index (χ4n) is 3.35. The molecule has 0 radical (unpaired) electrons. The van der Waals surface area contributed by atoms with Crippen molar-refractivity contribution in [2.45, 2.75) is 30.3 Å². The molecule has 1 amide bonds. The van der Waals surface area contributed by atoms with Crippen LogP contribution in [-0.2, 0) is 16.1 Å². The molecule has 30 heavy (non-hydrogen) atoms. The predicted molar refractivity (Wildman–Crippen MR) is 111 cm³/mol. The van der Waals surface area contributed by atoms with Gasteiger partial charge in [-0.15, -0.1) is 0 Å². The standard InChI is InChI=1S/C20H24Cl2N2O6/c1-26-16-7-12(8-17(27-2)18(16)28-3)15-9-13(23-30-15)10-24(20(25)19(21)22)11-14-5-4-6-29-14/h7-9,14,19H,4-6,10-11H2,1-3H3/t14-/m1/s1. The summed E-state index contributed by atoms with van der Waals surface area (Å²) >= 11 is 11.6. The Hall–Kier alpha value is -2.16. The normalized spacial score (nSPS) is 16.0. The van der Waals surface area contributed by atoms with Gasteiger partial charge in [0, 0.05) is 24.8 Å². The Bertz CT molecular complexity index is 842. The molecule has 0 bridgehead atoms. The number of methoxy groups -OCH3 is 3. The maximum atomic E-state index is 12.5. The quantitative estimate of drug-likeness (QED) is 0.529. The molecule has 0 spiro atoms. The Morgan fingerprint density at radius 3 is 2.43 bits per heavy atom. The number of halogens is 2. The van der Waals surface area contributed by atoms with E-state index in [0.717, 1.165) is 12.8 Å². The minimum atomic E-state index is -1.16. The van der Waals surface area contributed by atoms with Crippen LogP contribution in [0.15, 0.2) is 22.7 Å². The number of benzene rings is 1. The molecular weight excluding hydrogens is 435 g/mol. The number of nitrogens with zero attached hydrogens (tertiary/aromatic N) is 2. The number of hydrogen-bond acceptors (Lipinski definition) is 7. The van der Waals surface area contributed by atoms with E-state index in [2.05, 4.69) is 5.16 Å². The highest BCUT2D eigenvalue weighted by atomic mass is 35.5. The van der Waals surface area contributed by atoms with Gasteiger partial charge in [0.05, 0.1) is 34.0 Å². The second-order valence-electron chi connectivity index (χ2n) is 6.75. The van der Waals surface area contributed by atoms with Gasteiger partial charge in [0.25, 0.3) is 5.91 Å². The van der Waals surface area contributed by atoms with E-state index in [1.54, 1.807) is 18.2 Å². The molecule has 1 atom stereocenters. The molecule has 0 saturated carbocycles. The SMILES string of the molecule is COc1cc(-c2cc(CN(C[C@H]3CCCO3)C(=O)C(Cl)Cl)no2)cc(OC)c1OC. The highest BCUT2D eigenvalue weighted by Gasteiger charge is 2.27. The number of amides is 1. The third-order valence-electron chi connectivity index (χ3n) is 4.81. The maximum Gasteiger partial charge on any atom is 0.256 e. The van der Waals surface area contributed by atoms with E-state index in [0.29, 0.717) is 47.4 Å². The molecule has 0 unspecified atom stereocenters. The van der Waals surface area contributed by atoms with Gasteiger partial charge in [-0.05, 0) is 25.0 Å². The lowest BCUT2D eigenvalue weighted by molar-refractivity contribution is -0.131. The van der Waals surface area contributed by atoms with Crippen LogP contribution in [-0.4, -0.2) is 61.4 Å². The van der Waals surface area contributed by atoms with Crippen molar-refractivity contribution >= 4 is 29.1 Å². The molecule has 1 aromatic heterocycles. The number of carbonyl (C=O) groups is 1. The zero-order valence-electron chi connectivity index (χ0n) is 17.0. The first-order chi connectivity index (χ1) is 14.5. The lowest BCUT2D eigenvalue weighted by atomic mass is 10.1. The molecule has 2 aromatic rings. The molecule has 1 aliphatic rings. The first-order valence-electron chi connectivity index (χ1n) is 9.41. The third-order valence-corrected chi connectivity index (χ3v) is 5.18. The molecular formula is C20H24Cl2N2O6. The zero-order valence-corrected chi connectivity index (χ0v) is 18.5. The lowest BCUT2D eigenvalue weighted by Gasteiger charge is -2.25. The van der Waals surface area contributed by atoms with Gasteiger partial charge in [0.1, 0.15) is 5.69 Å². The summed E-state index contributed by atoms with van der Waals surface area (Å²) in [4.78, 5) is 12.8. The second-order valence-corrected chi connectivity index (χ2v) is 7.85. The highest BCUT2D eigenvalue weighted by Crippen LogP contribution is 2.41. The van der Waals surface area contributed by atoms with Gasteiger partial charge in [-0.2, -0.15) is 0 Å². The molecule has 0 aliphatic carbocycles. The molecule has 2 heterocycles. The van der Waals surface area contributed by atoms with Crippen LogP contribution >= 0.6 is 23.2 Å². The number of alkyl halides is 2. The van der Waals surface area contributed by atoms with Crippen LogP contribution in [0.3, 0.4) is 0 Å². The Labute approximate surface area is 184 Å². The molecule has 1 fully saturated rings. The molecule has 10 heteroatoms. The summed E-state index contributed by atoms with van der Waals surface area (Å²) in [6, 6.07) is 5.26. The van der Waals surface area contributed by atoms with E-state index in [-0.39, 0.29) is 12.6 Å². The molecule has 1 saturated heterocycles. The van der Waals surface area contributed by atoms with Crippen molar-refractivity contribution in [1.29, 1.82) is 0 Å². The monoisotopic (exact) mass is 458 g/mol. The smallest absolute Gasteiger partial charge is 0.256 e. The topological polar surface area (TPSA) is 83.3 Å². The van der Waals surface area contributed by atoms with Crippen molar-refractivity contribution in [1.82, 2.24) is 10.1 Å². The minimum absolute atomic E-state index is 0.0393. The average molecular weight is 459 g/mol. The van der Waals surface area contributed by atoms with Crippen LogP contribution in [0.5, 0.6) is 17.2 Å². The number of rotatable bonds is 9. The number of hydrogen-bond donors (Lipinski definition) is 0. The molecule has 1 aromatic carbocycles. The minimum Gasteiger partial charge on any atom is -0.493 e.